The van der Waals surface area contributed by atoms with Crippen molar-refractivity contribution in [1.82, 2.24) is 0 Å². The number of phenols is 1. The second-order valence-electron chi connectivity index (χ2n) is 1.98. The molecule has 1 rings (SSSR count). The van der Waals surface area contributed by atoms with E-state index in [1.54, 1.807) is 0 Å². The summed E-state index contributed by atoms with van der Waals surface area (Å²) in [4.78, 5) is 0. The third-order valence-electron chi connectivity index (χ3n) is 1.15. The summed E-state index contributed by atoms with van der Waals surface area (Å²) < 4.78 is 11.4. The Morgan fingerprint density at radius 1 is 1.18 bits per heavy atom. The van der Waals surface area contributed by atoms with E-state index in [-0.39, 0.29) is 5.75 Å². The van der Waals surface area contributed by atoms with E-state index in [1.165, 1.54) is 24.3 Å². The molecule has 0 saturated heterocycles. The van der Waals surface area contributed by atoms with Crippen molar-refractivity contribution in [1.29, 1.82) is 0 Å². The summed E-state index contributed by atoms with van der Waals surface area (Å²) in [6.07, 6.45) is 0. The molecule has 0 heterocycles. The molecule has 5 heteroatoms. The summed E-state index contributed by atoms with van der Waals surface area (Å²) in [7, 11) is 10.8. The fourth-order valence-corrected chi connectivity index (χ4v) is 2.84. The first kappa shape index (κ1) is 9.05. The van der Waals surface area contributed by atoms with Gasteiger partial charge >= 0.3 is 74.7 Å². The molecule has 1 aromatic rings. The molecular weight excluding hydrogens is 250 g/mol. The van der Waals surface area contributed by atoms with E-state index >= 15 is 0 Å². The minimum atomic E-state index is -3.79. The molecule has 0 radical (unpaired) electrons. The van der Waals surface area contributed by atoms with Crippen molar-refractivity contribution >= 4 is 35.9 Å². The van der Waals surface area contributed by atoms with Gasteiger partial charge in [0, 0.05) is 0 Å². The van der Waals surface area contributed by atoms with Crippen LogP contribution < -0.4 is 4.35 Å². The normalized spacial score (nSPS) is 11.5. The first-order valence-electron chi connectivity index (χ1n) is 2.79. The van der Waals surface area contributed by atoms with Crippen LogP contribution in [0, 0.1) is 0 Å². The molecule has 60 valence electrons. The van der Waals surface area contributed by atoms with Crippen LogP contribution in [0.3, 0.4) is 0 Å². The van der Waals surface area contributed by atoms with E-state index < -0.39 is 11.6 Å². The van der Waals surface area contributed by atoms with Crippen molar-refractivity contribution in [2.45, 2.75) is 0 Å². The molecule has 0 saturated carbocycles. The number of halogens is 2. The van der Waals surface area contributed by atoms with E-state index in [2.05, 4.69) is 0 Å². The number of benzene rings is 1. The molecule has 0 spiro atoms. The van der Waals surface area contributed by atoms with Gasteiger partial charge in [-0.2, -0.15) is 0 Å². The third kappa shape index (κ3) is 2.48. The van der Waals surface area contributed by atoms with Crippen LogP contribution in [0.1, 0.15) is 0 Å². The van der Waals surface area contributed by atoms with Crippen molar-refractivity contribution in [3.63, 3.8) is 0 Å². The summed E-state index contributed by atoms with van der Waals surface area (Å²) in [6, 6.07) is 5.70. The maximum absolute atomic E-state index is 11.0. The fourth-order valence-electron chi connectivity index (χ4n) is 0.626. The SMILES string of the molecule is O=[As](Cl)(Cl)c1ccc(O)cc1. The number of hydrogen-bond donors (Lipinski definition) is 1. The predicted molar refractivity (Wildman–Crippen MR) is 45.9 cm³/mol. The van der Waals surface area contributed by atoms with Gasteiger partial charge in [0.15, 0.2) is 0 Å². The number of aromatic hydroxyl groups is 1. The zero-order valence-electron chi connectivity index (χ0n) is 5.37. The zero-order chi connectivity index (χ0) is 8.48. The Kier molecular flexibility index (Phi) is 2.58. The van der Waals surface area contributed by atoms with Crippen molar-refractivity contribution in [3.8, 4) is 5.75 Å². The van der Waals surface area contributed by atoms with Crippen molar-refractivity contribution in [3.05, 3.63) is 24.3 Å². The molecule has 11 heavy (non-hydrogen) atoms. The van der Waals surface area contributed by atoms with Crippen LogP contribution in [0.5, 0.6) is 5.75 Å². The van der Waals surface area contributed by atoms with Crippen LogP contribution in [0.15, 0.2) is 24.3 Å². The standard InChI is InChI=1S/C6H5AsCl2O2/c8-7(9,11)5-1-3-6(10)4-2-5/h1-4,10H. The Labute approximate surface area is 74.7 Å². The van der Waals surface area contributed by atoms with Gasteiger partial charge in [0.1, 0.15) is 0 Å². The zero-order valence-corrected chi connectivity index (χ0v) is 8.76. The molecule has 1 aromatic carbocycles. The van der Waals surface area contributed by atoms with E-state index in [0.29, 0.717) is 4.35 Å². The average Bonchev–Trinajstić information content (AvgIpc) is 1.86. The summed E-state index contributed by atoms with van der Waals surface area (Å²) in [5, 5.41) is 8.85. The molecule has 0 unspecified atom stereocenters. The van der Waals surface area contributed by atoms with Crippen LogP contribution in [-0.2, 0) is 3.74 Å². The molecule has 0 bridgehead atoms. The molecule has 0 aromatic heterocycles. The molecular formula is C6H5AsCl2O2. The van der Waals surface area contributed by atoms with Gasteiger partial charge in [-0.3, -0.25) is 0 Å². The summed E-state index contributed by atoms with van der Waals surface area (Å²) in [5.74, 6) is 0.103. The van der Waals surface area contributed by atoms with Crippen molar-refractivity contribution in [2.24, 2.45) is 0 Å². The molecule has 2 nitrogen and oxygen atoms in total. The first-order valence-corrected chi connectivity index (χ1v) is 9.43. The number of phenolic OH excluding ortho intramolecular Hbond substituents is 1. The van der Waals surface area contributed by atoms with Crippen LogP contribution in [0.4, 0.5) is 0 Å². The first-order chi connectivity index (χ1) is 5.00. The summed E-state index contributed by atoms with van der Waals surface area (Å²) >= 11 is -3.79. The predicted octanol–water partition coefficient (Wildman–Crippen LogP) is 1.45. The molecule has 0 aliphatic heterocycles. The van der Waals surface area contributed by atoms with E-state index in [0.717, 1.165) is 0 Å². The van der Waals surface area contributed by atoms with Crippen LogP contribution >= 0.6 is 19.9 Å². The van der Waals surface area contributed by atoms with Gasteiger partial charge in [-0.15, -0.1) is 0 Å². The quantitative estimate of drug-likeness (QED) is 0.771. The summed E-state index contributed by atoms with van der Waals surface area (Å²) in [5.41, 5.74) is 0. The maximum atomic E-state index is 11.0. The van der Waals surface area contributed by atoms with E-state index in [4.69, 9.17) is 25.0 Å². The topological polar surface area (TPSA) is 37.3 Å². The van der Waals surface area contributed by atoms with Crippen LogP contribution in [0.25, 0.3) is 0 Å². The van der Waals surface area contributed by atoms with Crippen molar-refractivity contribution < 1.29 is 8.85 Å². The van der Waals surface area contributed by atoms with E-state index in [1.807, 2.05) is 0 Å². The van der Waals surface area contributed by atoms with Gasteiger partial charge in [-0.05, 0) is 0 Å². The molecule has 0 aliphatic rings. The van der Waals surface area contributed by atoms with Gasteiger partial charge in [-0.1, -0.05) is 0 Å². The Morgan fingerprint density at radius 3 is 2.00 bits per heavy atom. The Hall–Kier alpha value is -0.0416. The second-order valence-corrected chi connectivity index (χ2v) is 10.8. The third-order valence-corrected chi connectivity index (χ3v) is 5.07. The van der Waals surface area contributed by atoms with Crippen LogP contribution in [-0.4, -0.2) is 16.7 Å². The van der Waals surface area contributed by atoms with Gasteiger partial charge in [0.05, 0.1) is 0 Å². The van der Waals surface area contributed by atoms with Gasteiger partial charge < -0.3 is 0 Å². The fraction of sp³-hybridized carbons (Fsp3) is 0. The monoisotopic (exact) mass is 254 g/mol. The summed E-state index contributed by atoms with van der Waals surface area (Å²) in [6.45, 7) is 0. The van der Waals surface area contributed by atoms with Gasteiger partial charge in [0.2, 0.25) is 0 Å². The van der Waals surface area contributed by atoms with Gasteiger partial charge in [-0.25, -0.2) is 0 Å². The molecule has 0 atom stereocenters. The number of hydrogen-bond acceptors (Lipinski definition) is 2. The van der Waals surface area contributed by atoms with E-state index in [9.17, 15) is 3.74 Å². The molecule has 1 N–H and O–H groups in total. The minimum absolute atomic E-state index is 0.103. The van der Waals surface area contributed by atoms with Crippen molar-refractivity contribution in [2.75, 3.05) is 0 Å². The molecule has 0 aliphatic carbocycles. The average molecular weight is 255 g/mol. The number of rotatable bonds is 1. The molecule has 0 fully saturated rings. The second kappa shape index (κ2) is 3.14. The Balaban J connectivity index is 3.09. The van der Waals surface area contributed by atoms with Gasteiger partial charge in [0.25, 0.3) is 0 Å². The molecule has 0 amide bonds. The Bertz CT molecular complexity index is 290. The van der Waals surface area contributed by atoms with Crippen LogP contribution in [0.2, 0.25) is 0 Å². The Morgan fingerprint density at radius 2 is 1.64 bits per heavy atom.